The predicted molar refractivity (Wildman–Crippen MR) is 32.9 cm³/mol. The van der Waals surface area contributed by atoms with Gasteiger partial charge in [0, 0.05) is 5.92 Å². The van der Waals surface area contributed by atoms with Crippen molar-refractivity contribution in [2.75, 3.05) is 0 Å². The highest BCUT2D eigenvalue weighted by Gasteiger charge is 2.12. The second kappa shape index (κ2) is 2.70. The second-order valence-electron chi connectivity index (χ2n) is 2.20. The fourth-order valence-corrected chi connectivity index (χ4v) is 0.285. The quantitative estimate of drug-likeness (QED) is 0.564. The minimum Gasteiger partial charge on any atom is -0.369 e. The van der Waals surface area contributed by atoms with Crippen molar-refractivity contribution >= 4 is 5.91 Å². The Labute approximate surface area is 50.1 Å². The third kappa shape index (κ3) is 1.96. The van der Waals surface area contributed by atoms with E-state index in [1.807, 2.05) is 13.8 Å². The average molecular weight is 114 g/mol. The van der Waals surface area contributed by atoms with E-state index in [0.717, 1.165) is 5.92 Å². The average Bonchev–Trinajstić information content (AvgIpc) is 1.64. The molecule has 0 spiro atoms. The first-order chi connectivity index (χ1) is 3.55. The van der Waals surface area contributed by atoms with Crippen LogP contribution >= 0.6 is 0 Å². The van der Waals surface area contributed by atoms with Gasteiger partial charge in [-0.3, -0.25) is 4.79 Å². The molecule has 0 aliphatic rings. The molecule has 0 unspecified atom stereocenters. The summed E-state index contributed by atoms with van der Waals surface area (Å²) in [6.07, 6.45) is 0. The van der Waals surface area contributed by atoms with Gasteiger partial charge in [0.25, 0.3) is 0 Å². The molecule has 0 rings (SSSR count). The molecule has 0 aromatic heterocycles. The Morgan fingerprint density at radius 3 is 1.88 bits per heavy atom. The van der Waals surface area contributed by atoms with Crippen molar-refractivity contribution < 1.29 is 4.79 Å². The van der Waals surface area contributed by atoms with Crippen molar-refractivity contribution in [2.45, 2.75) is 20.8 Å². The second-order valence-corrected chi connectivity index (χ2v) is 2.20. The van der Waals surface area contributed by atoms with E-state index in [2.05, 4.69) is 0 Å². The maximum atomic E-state index is 10.3. The Morgan fingerprint density at radius 2 is 1.88 bits per heavy atom. The van der Waals surface area contributed by atoms with Crippen LogP contribution in [0.15, 0.2) is 0 Å². The van der Waals surface area contributed by atoms with Crippen molar-refractivity contribution in [1.82, 2.24) is 0 Å². The van der Waals surface area contributed by atoms with Crippen molar-refractivity contribution in [2.24, 2.45) is 11.7 Å². The zero-order valence-electron chi connectivity index (χ0n) is 5.56. The van der Waals surface area contributed by atoms with Crippen LogP contribution in [0.3, 0.4) is 0 Å². The van der Waals surface area contributed by atoms with Crippen LogP contribution in [0.25, 0.3) is 0 Å². The van der Waals surface area contributed by atoms with Gasteiger partial charge < -0.3 is 5.73 Å². The number of hydrogen-bond acceptors (Lipinski definition) is 1. The molecule has 0 aromatic carbocycles. The maximum absolute atomic E-state index is 10.3. The summed E-state index contributed by atoms with van der Waals surface area (Å²) < 4.78 is 0. The lowest BCUT2D eigenvalue weighted by atomic mass is 9.98. The molecule has 0 saturated heterocycles. The molecule has 2 heteroatoms. The number of rotatable bonds is 2. The Hall–Kier alpha value is -0.530. The Bertz CT molecular complexity index is 88.5. The zero-order valence-corrected chi connectivity index (χ0v) is 5.56. The van der Waals surface area contributed by atoms with E-state index in [1.54, 1.807) is 6.92 Å². The first kappa shape index (κ1) is 7.47. The molecule has 1 radical (unpaired) electrons. The Balaban J connectivity index is 3.64. The number of primary amides is 1. The minimum absolute atomic E-state index is 0.0741. The smallest absolute Gasteiger partial charge is 0.220 e. The highest BCUT2D eigenvalue weighted by Crippen LogP contribution is 2.09. The van der Waals surface area contributed by atoms with Crippen LogP contribution in [0.5, 0.6) is 0 Å². The lowest BCUT2D eigenvalue weighted by Crippen LogP contribution is -2.23. The van der Waals surface area contributed by atoms with Gasteiger partial charge >= 0.3 is 0 Å². The lowest BCUT2D eigenvalue weighted by molar-refractivity contribution is -0.120. The highest BCUT2D eigenvalue weighted by molar-refractivity contribution is 5.78. The van der Waals surface area contributed by atoms with E-state index < -0.39 is 0 Å². The van der Waals surface area contributed by atoms with Gasteiger partial charge in [0.15, 0.2) is 0 Å². The predicted octanol–water partition coefficient (Wildman–Crippen LogP) is 0.722. The summed E-state index contributed by atoms with van der Waals surface area (Å²) in [7, 11) is 0. The molecule has 47 valence electrons. The fraction of sp³-hybridized carbons (Fsp3) is 0.667. The number of carbonyl (C=O) groups is 1. The number of amides is 1. The third-order valence-corrected chi connectivity index (χ3v) is 1.29. The van der Waals surface area contributed by atoms with Gasteiger partial charge in [-0.2, -0.15) is 0 Å². The van der Waals surface area contributed by atoms with Crippen LogP contribution in [0.2, 0.25) is 0 Å². The van der Waals surface area contributed by atoms with Crippen molar-refractivity contribution in [1.29, 1.82) is 0 Å². The number of hydrogen-bond donors (Lipinski definition) is 1. The SMILES string of the molecule is C[C](C)[C@H](C)C(N)=O. The van der Waals surface area contributed by atoms with E-state index >= 15 is 0 Å². The minimum atomic E-state index is -0.245. The molecule has 0 aliphatic carbocycles. The summed E-state index contributed by atoms with van der Waals surface area (Å²) in [5.41, 5.74) is 4.98. The molecule has 0 saturated carbocycles. The van der Waals surface area contributed by atoms with Crippen LogP contribution in [-0.2, 0) is 4.79 Å². The van der Waals surface area contributed by atoms with Gasteiger partial charge in [-0.05, 0) is 5.92 Å². The molecule has 0 aliphatic heterocycles. The summed E-state index contributed by atoms with van der Waals surface area (Å²) in [6, 6.07) is 0. The third-order valence-electron chi connectivity index (χ3n) is 1.29. The van der Waals surface area contributed by atoms with E-state index in [0.29, 0.717) is 0 Å². The standard InChI is InChI=1S/C6H12NO/c1-4(2)5(3)6(7)8/h5H,1-3H3,(H2,7,8)/t5-/m0/s1. The molecule has 0 bridgehead atoms. The fourth-order valence-electron chi connectivity index (χ4n) is 0.285. The Morgan fingerprint density at radius 1 is 1.50 bits per heavy atom. The summed E-state index contributed by atoms with van der Waals surface area (Å²) in [4.78, 5) is 10.3. The Kier molecular flexibility index (Phi) is 2.52. The van der Waals surface area contributed by atoms with Gasteiger partial charge in [-0.15, -0.1) is 0 Å². The molecular weight excluding hydrogens is 102 g/mol. The number of carbonyl (C=O) groups excluding carboxylic acids is 1. The topological polar surface area (TPSA) is 43.1 Å². The van der Waals surface area contributed by atoms with Crippen LogP contribution in [-0.4, -0.2) is 5.91 Å². The summed E-state index contributed by atoms with van der Waals surface area (Å²) in [6.45, 7) is 5.60. The molecule has 1 amide bonds. The van der Waals surface area contributed by atoms with E-state index in [1.165, 1.54) is 0 Å². The number of nitrogens with two attached hydrogens (primary N) is 1. The molecule has 2 N–H and O–H groups in total. The molecular formula is C6H12NO. The normalized spacial score (nSPS) is 14.0. The molecule has 2 nitrogen and oxygen atoms in total. The van der Waals surface area contributed by atoms with Crippen LogP contribution < -0.4 is 5.73 Å². The molecule has 1 atom stereocenters. The monoisotopic (exact) mass is 114 g/mol. The first-order valence-electron chi connectivity index (χ1n) is 2.65. The van der Waals surface area contributed by atoms with Crippen molar-refractivity contribution in [3.8, 4) is 0 Å². The molecule has 0 aromatic rings. The van der Waals surface area contributed by atoms with Gasteiger partial charge in [-0.25, -0.2) is 0 Å². The van der Waals surface area contributed by atoms with Gasteiger partial charge in [0.05, 0.1) is 0 Å². The van der Waals surface area contributed by atoms with Crippen molar-refractivity contribution in [3.63, 3.8) is 0 Å². The zero-order chi connectivity index (χ0) is 6.73. The lowest BCUT2D eigenvalue weighted by Gasteiger charge is -2.08. The summed E-state index contributed by atoms with van der Waals surface area (Å²) in [5, 5.41) is 0. The molecule has 8 heavy (non-hydrogen) atoms. The van der Waals surface area contributed by atoms with Crippen molar-refractivity contribution in [3.05, 3.63) is 5.92 Å². The largest absolute Gasteiger partial charge is 0.369 e. The highest BCUT2D eigenvalue weighted by atomic mass is 16.1. The van der Waals surface area contributed by atoms with Crippen LogP contribution in [0.4, 0.5) is 0 Å². The summed E-state index contributed by atoms with van der Waals surface area (Å²) >= 11 is 0. The van der Waals surface area contributed by atoms with Gasteiger partial charge in [-0.1, -0.05) is 20.8 Å². The van der Waals surface area contributed by atoms with Crippen LogP contribution in [0, 0.1) is 11.8 Å². The van der Waals surface area contributed by atoms with E-state index in [4.69, 9.17) is 5.73 Å². The van der Waals surface area contributed by atoms with E-state index in [-0.39, 0.29) is 11.8 Å². The molecule has 0 fully saturated rings. The van der Waals surface area contributed by atoms with E-state index in [9.17, 15) is 4.79 Å². The van der Waals surface area contributed by atoms with Crippen LogP contribution in [0.1, 0.15) is 20.8 Å². The summed E-state index contributed by atoms with van der Waals surface area (Å²) in [5.74, 6) is 0.748. The van der Waals surface area contributed by atoms with Gasteiger partial charge in [0.1, 0.15) is 0 Å². The molecule has 0 heterocycles. The van der Waals surface area contributed by atoms with Gasteiger partial charge in [0.2, 0.25) is 5.91 Å². The maximum Gasteiger partial charge on any atom is 0.220 e. The first-order valence-corrected chi connectivity index (χ1v) is 2.65.